The van der Waals surface area contributed by atoms with Crippen molar-refractivity contribution in [3.63, 3.8) is 0 Å². The van der Waals surface area contributed by atoms with Gasteiger partial charge in [-0.1, -0.05) is 20.8 Å². The molecule has 2 rings (SSSR count). The number of aliphatic imine (C=N–C) groups is 1. The summed E-state index contributed by atoms with van der Waals surface area (Å²) in [5.41, 5.74) is 0. The molecule has 0 saturated carbocycles. The van der Waals surface area contributed by atoms with Gasteiger partial charge in [-0.15, -0.1) is 24.0 Å². The number of ether oxygens (including phenoxy) is 1. The Bertz CT molecular complexity index is 520. The van der Waals surface area contributed by atoms with Gasteiger partial charge >= 0.3 is 0 Å². The van der Waals surface area contributed by atoms with E-state index in [9.17, 15) is 0 Å². The molecule has 0 radical (unpaired) electrons. The zero-order chi connectivity index (χ0) is 18.2. The van der Waals surface area contributed by atoms with Crippen molar-refractivity contribution in [2.75, 3.05) is 33.3 Å². The minimum absolute atomic E-state index is 0. The lowest BCUT2D eigenvalue weighted by Crippen LogP contribution is -2.49. The van der Waals surface area contributed by atoms with Gasteiger partial charge in [0.15, 0.2) is 5.96 Å². The molecular weight excluding hydrogens is 441 g/mol. The molecule has 3 unspecified atom stereocenters. The zero-order valence-electron chi connectivity index (χ0n) is 16.9. The molecule has 1 aliphatic rings. The summed E-state index contributed by atoms with van der Waals surface area (Å²) in [4.78, 5) is 11.1. The minimum Gasteiger partial charge on any atom is -0.378 e. The Labute approximate surface area is 175 Å². The number of imidazole rings is 1. The van der Waals surface area contributed by atoms with Crippen molar-refractivity contribution in [2.24, 2.45) is 16.8 Å². The molecule has 0 bridgehead atoms. The van der Waals surface area contributed by atoms with E-state index in [2.05, 4.69) is 58.7 Å². The fourth-order valence-corrected chi connectivity index (χ4v) is 3.58. The number of nitrogens with one attached hydrogen (secondary N) is 1. The van der Waals surface area contributed by atoms with Crippen LogP contribution in [0.1, 0.15) is 46.6 Å². The molecule has 7 heteroatoms. The predicted molar refractivity (Wildman–Crippen MR) is 118 cm³/mol. The van der Waals surface area contributed by atoms with Crippen LogP contribution in [0.15, 0.2) is 23.7 Å². The highest BCUT2D eigenvalue weighted by atomic mass is 127. The third-order valence-corrected chi connectivity index (χ3v) is 5.17. The van der Waals surface area contributed by atoms with Gasteiger partial charge < -0.3 is 19.5 Å². The van der Waals surface area contributed by atoms with E-state index < -0.39 is 0 Å². The topological polar surface area (TPSA) is 54.7 Å². The average molecular weight is 477 g/mol. The van der Waals surface area contributed by atoms with E-state index in [0.717, 1.165) is 45.0 Å². The van der Waals surface area contributed by atoms with Crippen molar-refractivity contribution in [1.29, 1.82) is 0 Å². The first kappa shape index (κ1) is 23.2. The molecule has 1 N–H and O–H groups in total. The second-order valence-electron chi connectivity index (χ2n) is 7.29. The van der Waals surface area contributed by atoms with Crippen molar-refractivity contribution in [3.05, 3.63) is 18.7 Å². The highest BCUT2D eigenvalue weighted by Gasteiger charge is 2.28. The van der Waals surface area contributed by atoms with Crippen LogP contribution >= 0.6 is 24.0 Å². The summed E-state index contributed by atoms with van der Waals surface area (Å²) in [6.45, 7) is 12.5. The summed E-state index contributed by atoms with van der Waals surface area (Å²) in [6, 6.07) is 0.446. The quantitative estimate of drug-likeness (QED) is 0.372. The van der Waals surface area contributed by atoms with Gasteiger partial charge in [-0.05, 0) is 31.6 Å². The molecule has 1 aliphatic heterocycles. The van der Waals surface area contributed by atoms with Crippen molar-refractivity contribution in [3.8, 4) is 0 Å². The van der Waals surface area contributed by atoms with E-state index in [1.165, 1.54) is 0 Å². The third kappa shape index (κ3) is 6.40. The Kier molecular flexibility index (Phi) is 10.5. The maximum atomic E-state index is 5.84. The Morgan fingerprint density at radius 2 is 2.19 bits per heavy atom. The molecule has 0 aliphatic carbocycles. The summed E-state index contributed by atoms with van der Waals surface area (Å²) < 4.78 is 8.07. The van der Waals surface area contributed by atoms with Gasteiger partial charge in [0.05, 0.1) is 18.5 Å². The number of guanidine groups is 1. The van der Waals surface area contributed by atoms with Crippen molar-refractivity contribution < 1.29 is 4.74 Å². The molecule has 0 amide bonds. The lowest BCUT2D eigenvalue weighted by molar-refractivity contribution is 0.0257. The fourth-order valence-electron chi connectivity index (χ4n) is 3.58. The first-order valence-electron chi connectivity index (χ1n) is 9.61. The molecule has 0 spiro atoms. The molecule has 3 atom stereocenters. The van der Waals surface area contributed by atoms with Gasteiger partial charge in [-0.25, -0.2) is 4.98 Å². The first-order valence-corrected chi connectivity index (χ1v) is 9.61. The van der Waals surface area contributed by atoms with E-state index in [0.29, 0.717) is 24.0 Å². The summed E-state index contributed by atoms with van der Waals surface area (Å²) >= 11 is 0. The van der Waals surface area contributed by atoms with Crippen molar-refractivity contribution in [2.45, 2.75) is 52.7 Å². The molecule has 6 nitrogen and oxygen atoms in total. The summed E-state index contributed by atoms with van der Waals surface area (Å²) in [5.74, 6) is 2.17. The van der Waals surface area contributed by atoms with Crippen LogP contribution in [0.3, 0.4) is 0 Å². The summed E-state index contributed by atoms with van der Waals surface area (Å²) in [6.07, 6.45) is 8.32. The highest BCUT2D eigenvalue weighted by molar-refractivity contribution is 14.0. The smallest absolute Gasteiger partial charge is 0.193 e. The minimum atomic E-state index is 0. The Morgan fingerprint density at radius 3 is 2.77 bits per heavy atom. The van der Waals surface area contributed by atoms with Gasteiger partial charge in [-0.3, -0.25) is 4.99 Å². The van der Waals surface area contributed by atoms with Crippen LogP contribution in [0, 0.1) is 11.8 Å². The van der Waals surface area contributed by atoms with E-state index in [4.69, 9.17) is 4.74 Å². The fraction of sp³-hybridized carbons (Fsp3) is 0.789. The SMILES string of the molecule is CCOC(CCNC(=NC)N1CCC(C)C(n2ccnc2)C1)C(C)C.I. The third-order valence-electron chi connectivity index (χ3n) is 5.17. The van der Waals surface area contributed by atoms with Gasteiger partial charge in [-0.2, -0.15) is 0 Å². The molecular formula is C19H36IN5O. The summed E-state index contributed by atoms with van der Waals surface area (Å²) in [5, 5.41) is 3.53. The normalized spacial score (nSPS) is 22.2. The second-order valence-corrected chi connectivity index (χ2v) is 7.29. The van der Waals surface area contributed by atoms with E-state index in [1.54, 1.807) is 0 Å². The number of hydrogen-bond acceptors (Lipinski definition) is 3. The number of aromatic nitrogens is 2. The molecule has 2 heterocycles. The molecule has 1 saturated heterocycles. The molecule has 150 valence electrons. The van der Waals surface area contributed by atoms with Gasteiger partial charge in [0.2, 0.25) is 0 Å². The number of likely N-dealkylation sites (tertiary alicyclic amines) is 1. The Hall–Kier alpha value is -0.830. The monoisotopic (exact) mass is 477 g/mol. The Balaban J connectivity index is 0.00000338. The van der Waals surface area contributed by atoms with Gasteiger partial charge in [0.1, 0.15) is 0 Å². The largest absolute Gasteiger partial charge is 0.378 e. The number of halogens is 1. The Morgan fingerprint density at radius 1 is 1.42 bits per heavy atom. The number of nitrogens with zero attached hydrogens (tertiary/aromatic N) is 4. The highest BCUT2D eigenvalue weighted by Crippen LogP contribution is 2.27. The zero-order valence-corrected chi connectivity index (χ0v) is 19.2. The molecule has 0 aromatic carbocycles. The van der Waals surface area contributed by atoms with Crippen LogP contribution in [0.2, 0.25) is 0 Å². The number of hydrogen-bond donors (Lipinski definition) is 1. The van der Waals surface area contributed by atoms with Gasteiger partial charge in [0, 0.05) is 45.7 Å². The standard InChI is InChI=1S/C19H35N5O.HI/c1-6-25-18(15(2)3)7-9-22-19(20-5)23-11-8-16(4)17(13-23)24-12-10-21-14-24;/h10,12,14-18H,6-9,11,13H2,1-5H3,(H,20,22);1H. The lowest BCUT2D eigenvalue weighted by Gasteiger charge is -2.39. The van der Waals surface area contributed by atoms with Crippen LogP contribution < -0.4 is 5.32 Å². The first-order chi connectivity index (χ1) is 12.1. The number of rotatable bonds is 7. The van der Waals surface area contributed by atoms with E-state index in [1.807, 2.05) is 19.6 Å². The van der Waals surface area contributed by atoms with E-state index >= 15 is 0 Å². The second kappa shape index (κ2) is 11.8. The molecule has 1 aromatic rings. The predicted octanol–water partition coefficient (Wildman–Crippen LogP) is 3.41. The van der Waals surface area contributed by atoms with E-state index in [-0.39, 0.29) is 24.0 Å². The van der Waals surface area contributed by atoms with Crippen LogP contribution in [-0.2, 0) is 4.74 Å². The van der Waals surface area contributed by atoms with Crippen molar-refractivity contribution >= 4 is 29.9 Å². The van der Waals surface area contributed by atoms with Crippen LogP contribution in [0.5, 0.6) is 0 Å². The van der Waals surface area contributed by atoms with Gasteiger partial charge in [0.25, 0.3) is 0 Å². The molecule has 26 heavy (non-hydrogen) atoms. The molecule has 1 aromatic heterocycles. The maximum Gasteiger partial charge on any atom is 0.193 e. The maximum absolute atomic E-state index is 5.84. The lowest BCUT2D eigenvalue weighted by atomic mass is 9.93. The number of piperidine rings is 1. The molecule has 1 fully saturated rings. The van der Waals surface area contributed by atoms with Crippen LogP contribution in [0.4, 0.5) is 0 Å². The average Bonchev–Trinajstić information content (AvgIpc) is 3.12. The van der Waals surface area contributed by atoms with Crippen LogP contribution in [-0.4, -0.2) is 59.8 Å². The van der Waals surface area contributed by atoms with Crippen molar-refractivity contribution in [1.82, 2.24) is 19.8 Å². The summed E-state index contributed by atoms with van der Waals surface area (Å²) in [7, 11) is 1.87. The van der Waals surface area contributed by atoms with Crippen LogP contribution in [0.25, 0.3) is 0 Å².